The minimum Gasteiger partial charge on any atom is -0.332 e. The number of aryl methyl sites for hydroxylation is 1. The van der Waals surface area contributed by atoms with Crippen LogP contribution in [0.15, 0.2) is 66.7 Å². The number of rotatable bonds is 9. The summed E-state index contributed by atoms with van der Waals surface area (Å²) in [7, 11) is 0. The Morgan fingerprint density at radius 2 is 1.56 bits per heavy atom. The predicted octanol–water partition coefficient (Wildman–Crippen LogP) is 5.20. The summed E-state index contributed by atoms with van der Waals surface area (Å²) in [4.78, 5) is 32.0. The summed E-state index contributed by atoms with van der Waals surface area (Å²) in [5, 5.41) is 0. The van der Waals surface area contributed by atoms with E-state index < -0.39 is 0 Å². The third kappa shape index (κ3) is 6.76. The van der Waals surface area contributed by atoms with E-state index in [2.05, 4.69) is 0 Å². The first-order valence-electron chi connectivity index (χ1n) is 10.7. The molecule has 0 bridgehead atoms. The Kier molecular flexibility index (Phi) is 8.17. The van der Waals surface area contributed by atoms with Crippen LogP contribution in [0.25, 0.3) is 0 Å². The highest BCUT2D eigenvalue weighted by atomic mass is 32.1. The van der Waals surface area contributed by atoms with Crippen LogP contribution in [0.5, 0.6) is 0 Å². The van der Waals surface area contributed by atoms with E-state index in [0.717, 1.165) is 16.0 Å². The Morgan fingerprint density at radius 3 is 2.16 bits per heavy atom. The summed E-state index contributed by atoms with van der Waals surface area (Å²) in [6.07, 6.45) is 0.258. The molecule has 0 saturated carbocycles. The van der Waals surface area contributed by atoms with Crippen molar-refractivity contribution in [1.29, 1.82) is 0 Å². The van der Waals surface area contributed by atoms with Crippen molar-refractivity contribution in [3.63, 3.8) is 0 Å². The summed E-state index contributed by atoms with van der Waals surface area (Å²) < 4.78 is 13.3. The van der Waals surface area contributed by atoms with E-state index in [1.54, 1.807) is 33.3 Å². The van der Waals surface area contributed by atoms with Gasteiger partial charge in [0.1, 0.15) is 12.4 Å². The molecule has 168 valence electrons. The van der Waals surface area contributed by atoms with E-state index in [0.29, 0.717) is 13.1 Å². The molecule has 1 heterocycles. The second-order valence-electron chi connectivity index (χ2n) is 8.17. The number of carbonyl (C=O) groups is 2. The van der Waals surface area contributed by atoms with Crippen LogP contribution in [-0.4, -0.2) is 34.2 Å². The molecule has 4 nitrogen and oxygen atoms in total. The van der Waals surface area contributed by atoms with Crippen molar-refractivity contribution in [1.82, 2.24) is 9.80 Å². The summed E-state index contributed by atoms with van der Waals surface area (Å²) >= 11 is 1.65. The van der Waals surface area contributed by atoms with Crippen molar-refractivity contribution in [2.24, 2.45) is 0 Å². The lowest BCUT2D eigenvalue weighted by Crippen LogP contribution is -2.46. The van der Waals surface area contributed by atoms with Gasteiger partial charge in [-0.2, -0.15) is 0 Å². The number of amides is 2. The molecule has 32 heavy (non-hydrogen) atoms. The summed E-state index contributed by atoms with van der Waals surface area (Å²) in [6.45, 7) is 6.69. The second-order valence-corrected chi connectivity index (χ2v) is 9.54. The van der Waals surface area contributed by atoms with Crippen molar-refractivity contribution in [2.45, 2.75) is 46.3 Å². The predicted molar refractivity (Wildman–Crippen MR) is 127 cm³/mol. The lowest BCUT2D eigenvalue weighted by atomic mass is 10.1. The Morgan fingerprint density at radius 1 is 0.875 bits per heavy atom. The van der Waals surface area contributed by atoms with E-state index >= 15 is 0 Å². The van der Waals surface area contributed by atoms with Gasteiger partial charge in [-0.15, -0.1) is 11.3 Å². The lowest BCUT2D eigenvalue weighted by Gasteiger charge is -2.30. The first-order valence-corrected chi connectivity index (χ1v) is 11.5. The molecule has 1 aromatic heterocycles. The molecule has 0 unspecified atom stereocenters. The molecule has 0 N–H and O–H groups in total. The van der Waals surface area contributed by atoms with Crippen molar-refractivity contribution in [2.75, 3.05) is 6.54 Å². The molecule has 0 aliphatic carbocycles. The molecule has 0 spiro atoms. The zero-order valence-corrected chi connectivity index (χ0v) is 19.6. The van der Waals surface area contributed by atoms with Crippen LogP contribution in [0.3, 0.4) is 0 Å². The Labute approximate surface area is 193 Å². The number of hydrogen-bond acceptors (Lipinski definition) is 3. The van der Waals surface area contributed by atoms with Crippen LogP contribution in [0.4, 0.5) is 4.39 Å². The third-order valence-electron chi connectivity index (χ3n) is 5.23. The molecule has 0 saturated heterocycles. The molecule has 0 aliphatic rings. The summed E-state index contributed by atoms with van der Waals surface area (Å²) in [6, 6.07) is 19.7. The highest BCUT2D eigenvalue weighted by Crippen LogP contribution is 2.19. The zero-order valence-electron chi connectivity index (χ0n) is 18.8. The number of halogens is 1. The fourth-order valence-electron chi connectivity index (χ4n) is 3.48. The summed E-state index contributed by atoms with van der Waals surface area (Å²) in [5.74, 6) is -0.512. The van der Waals surface area contributed by atoms with Crippen molar-refractivity contribution < 1.29 is 14.0 Å². The Bertz CT molecular complexity index is 1030. The number of thiophene rings is 1. The number of hydrogen-bond donors (Lipinski definition) is 0. The van der Waals surface area contributed by atoms with E-state index in [-0.39, 0.29) is 36.6 Å². The fraction of sp³-hybridized carbons (Fsp3) is 0.308. The van der Waals surface area contributed by atoms with E-state index in [1.165, 1.54) is 17.0 Å². The SMILES string of the molecule is Cc1ccc(CN(Cc2ccc(F)cc2)C(=O)CN(C(=O)Cc2ccccc2)C(C)C)s1. The van der Waals surface area contributed by atoms with Gasteiger partial charge in [-0.05, 0) is 56.2 Å². The maximum absolute atomic E-state index is 13.4. The minimum absolute atomic E-state index is 0.00882. The maximum Gasteiger partial charge on any atom is 0.242 e. The van der Waals surface area contributed by atoms with Crippen LogP contribution >= 0.6 is 11.3 Å². The van der Waals surface area contributed by atoms with E-state index in [1.807, 2.05) is 63.2 Å². The molecule has 2 amide bonds. The molecule has 0 aliphatic heterocycles. The number of benzene rings is 2. The van der Waals surface area contributed by atoms with Crippen LogP contribution < -0.4 is 0 Å². The van der Waals surface area contributed by atoms with Gasteiger partial charge in [0.25, 0.3) is 0 Å². The molecule has 3 aromatic rings. The topological polar surface area (TPSA) is 40.6 Å². The third-order valence-corrected chi connectivity index (χ3v) is 6.22. The van der Waals surface area contributed by atoms with Crippen LogP contribution in [0.2, 0.25) is 0 Å². The van der Waals surface area contributed by atoms with Gasteiger partial charge in [0.2, 0.25) is 11.8 Å². The standard InChI is InChI=1S/C26H29FN2O2S/c1-19(2)29(25(30)15-21-7-5-4-6-8-21)18-26(31)28(17-24-14-9-20(3)32-24)16-22-10-12-23(27)13-11-22/h4-14,19H,15-18H2,1-3H3. The summed E-state index contributed by atoms with van der Waals surface area (Å²) in [5.41, 5.74) is 1.77. The van der Waals surface area contributed by atoms with Gasteiger partial charge in [-0.1, -0.05) is 42.5 Å². The van der Waals surface area contributed by atoms with Crippen LogP contribution in [-0.2, 0) is 29.1 Å². The molecule has 0 atom stereocenters. The highest BCUT2D eigenvalue weighted by molar-refractivity contribution is 7.11. The van der Waals surface area contributed by atoms with Gasteiger partial charge in [-0.25, -0.2) is 4.39 Å². The van der Waals surface area contributed by atoms with E-state index in [4.69, 9.17) is 0 Å². The normalized spacial score (nSPS) is 10.9. The van der Waals surface area contributed by atoms with Gasteiger partial charge in [0.15, 0.2) is 0 Å². The number of nitrogens with zero attached hydrogens (tertiary/aromatic N) is 2. The molecule has 6 heteroatoms. The fourth-order valence-corrected chi connectivity index (χ4v) is 4.38. The van der Waals surface area contributed by atoms with Gasteiger partial charge in [0.05, 0.1) is 13.0 Å². The molecule has 0 fully saturated rings. The molecular weight excluding hydrogens is 423 g/mol. The minimum atomic E-state index is -0.307. The first kappa shape index (κ1) is 23.7. The number of carbonyl (C=O) groups excluding carboxylic acids is 2. The van der Waals surface area contributed by atoms with Crippen molar-refractivity contribution >= 4 is 23.2 Å². The molecule has 0 radical (unpaired) electrons. The maximum atomic E-state index is 13.4. The highest BCUT2D eigenvalue weighted by Gasteiger charge is 2.24. The lowest BCUT2D eigenvalue weighted by molar-refractivity contribution is -0.142. The Balaban J connectivity index is 1.76. The molecule has 2 aromatic carbocycles. The van der Waals surface area contributed by atoms with Crippen LogP contribution in [0.1, 0.15) is 34.7 Å². The average Bonchev–Trinajstić information content (AvgIpc) is 3.18. The van der Waals surface area contributed by atoms with Gasteiger partial charge in [-0.3, -0.25) is 9.59 Å². The van der Waals surface area contributed by atoms with Crippen molar-refractivity contribution in [3.05, 3.63) is 93.4 Å². The first-order chi connectivity index (χ1) is 15.3. The molecule has 3 rings (SSSR count). The van der Waals surface area contributed by atoms with Gasteiger partial charge >= 0.3 is 0 Å². The quantitative estimate of drug-likeness (QED) is 0.448. The van der Waals surface area contributed by atoms with E-state index in [9.17, 15) is 14.0 Å². The van der Waals surface area contributed by atoms with Gasteiger partial charge in [0, 0.05) is 22.3 Å². The zero-order chi connectivity index (χ0) is 23.1. The van der Waals surface area contributed by atoms with Crippen LogP contribution in [0, 0.1) is 12.7 Å². The smallest absolute Gasteiger partial charge is 0.242 e. The monoisotopic (exact) mass is 452 g/mol. The second kappa shape index (κ2) is 11.0. The van der Waals surface area contributed by atoms with Crippen molar-refractivity contribution in [3.8, 4) is 0 Å². The largest absolute Gasteiger partial charge is 0.332 e. The molecular formula is C26H29FN2O2S. The van der Waals surface area contributed by atoms with Gasteiger partial charge < -0.3 is 9.80 Å². The average molecular weight is 453 g/mol. The Hall–Kier alpha value is -2.99.